The molecule has 0 aliphatic heterocycles. The van der Waals surface area contributed by atoms with Gasteiger partial charge in [0.15, 0.2) is 0 Å². The molecule has 0 radical (unpaired) electrons. The summed E-state index contributed by atoms with van der Waals surface area (Å²) in [4.78, 5) is 25.9. The number of alkyl halides is 3. The van der Waals surface area contributed by atoms with Crippen molar-refractivity contribution in [3.8, 4) is 11.3 Å². The van der Waals surface area contributed by atoms with Gasteiger partial charge in [0, 0.05) is 11.8 Å². The summed E-state index contributed by atoms with van der Waals surface area (Å²) in [5.74, 6) is -2.81. The SMILES string of the molecule is O=C(O)c1cccc(C(=O)O)c1-c1ccc(C(F)(F)F)cn1. The zero-order valence-electron chi connectivity index (χ0n) is 10.8. The molecule has 2 aromatic rings. The number of carbonyl (C=O) groups is 2. The van der Waals surface area contributed by atoms with Gasteiger partial charge in [0.25, 0.3) is 0 Å². The third-order valence-electron chi connectivity index (χ3n) is 2.87. The van der Waals surface area contributed by atoms with Crippen LogP contribution >= 0.6 is 0 Å². The Morgan fingerprint density at radius 1 is 0.955 bits per heavy atom. The van der Waals surface area contributed by atoms with E-state index in [0.29, 0.717) is 12.3 Å². The predicted molar refractivity (Wildman–Crippen MR) is 68.6 cm³/mol. The summed E-state index contributed by atoms with van der Waals surface area (Å²) < 4.78 is 37.5. The van der Waals surface area contributed by atoms with Gasteiger partial charge in [-0.3, -0.25) is 4.98 Å². The van der Waals surface area contributed by atoms with Crippen LogP contribution in [0.5, 0.6) is 0 Å². The smallest absolute Gasteiger partial charge is 0.417 e. The molecule has 0 saturated carbocycles. The molecular weight excluding hydrogens is 303 g/mol. The molecule has 2 rings (SSSR count). The maximum Gasteiger partial charge on any atom is 0.417 e. The second-order valence-electron chi connectivity index (χ2n) is 4.27. The molecule has 1 aromatic carbocycles. The fraction of sp³-hybridized carbons (Fsp3) is 0.0714. The maximum atomic E-state index is 12.5. The summed E-state index contributed by atoms with van der Waals surface area (Å²) in [7, 11) is 0. The summed E-state index contributed by atoms with van der Waals surface area (Å²) in [6.07, 6.45) is -4.06. The number of halogens is 3. The average molecular weight is 311 g/mol. The number of carboxylic acid groups (broad SMARTS) is 2. The Hall–Kier alpha value is -2.90. The highest BCUT2D eigenvalue weighted by atomic mass is 19.4. The van der Waals surface area contributed by atoms with Crippen LogP contribution in [0.3, 0.4) is 0 Å². The number of nitrogens with zero attached hydrogens (tertiary/aromatic N) is 1. The van der Waals surface area contributed by atoms with Gasteiger partial charge in [-0.25, -0.2) is 9.59 Å². The fourth-order valence-electron chi connectivity index (χ4n) is 1.89. The fourth-order valence-corrected chi connectivity index (χ4v) is 1.89. The van der Waals surface area contributed by atoms with Crippen LogP contribution in [0.1, 0.15) is 26.3 Å². The van der Waals surface area contributed by atoms with E-state index in [-0.39, 0.29) is 22.4 Å². The van der Waals surface area contributed by atoms with Crippen LogP contribution in [0, 0.1) is 0 Å². The van der Waals surface area contributed by atoms with Crippen LogP contribution in [0.15, 0.2) is 36.5 Å². The van der Waals surface area contributed by atoms with Crippen LogP contribution in [0.25, 0.3) is 11.3 Å². The van der Waals surface area contributed by atoms with Gasteiger partial charge in [-0.15, -0.1) is 0 Å². The molecule has 114 valence electrons. The Bertz CT molecular complexity index is 706. The van der Waals surface area contributed by atoms with Crippen LogP contribution < -0.4 is 0 Å². The highest BCUT2D eigenvalue weighted by Crippen LogP contribution is 2.31. The Kier molecular flexibility index (Phi) is 3.85. The number of rotatable bonds is 3. The number of pyridine rings is 1. The molecule has 0 saturated heterocycles. The lowest BCUT2D eigenvalue weighted by molar-refractivity contribution is -0.137. The van der Waals surface area contributed by atoms with E-state index in [2.05, 4.69) is 4.98 Å². The molecule has 0 aliphatic rings. The van der Waals surface area contributed by atoms with Gasteiger partial charge < -0.3 is 10.2 Å². The molecule has 0 bridgehead atoms. The highest BCUT2D eigenvalue weighted by molar-refractivity contribution is 6.04. The largest absolute Gasteiger partial charge is 0.478 e. The summed E-state index contributed by atoms with van der Waals surface area (Å²) in [5, 5.41) is 18.2. The van der Waals surface area contributed by atoms with Crippen LogP contribution in [0.2, 0.25) is 0 Å². The number of benzene rings is 1. The zero-order valence-corrected chi connectivity index (χ0v) is 10.8. The van der Waals surface area contributed by atoms with Crippen molar-refractivity contribution in [3.05, 3.63) is 53.2 Å². The standard InChI is InChI=1S/C14H8F3NO4/c15-14(16,17)7-4-5-10(18-6-7)11-8(12(19)20)2-1-3-9(11)13(21)22/h1-6H,(H,19,20)(H,21,22). The topological polar surface area (TPSA) is 87.5 Å². The normalized spacial score (nSPS) is 11.2. The minimum Gasteiger partial charge on any atom is -0.478 e. The van der Waals surface area contributed by atoms with Crippen molar-refractivity contribution < 1.29 is 33.0 Å². The third kappa shape index (κ3) is 2.90. The number of hydrogen-bond acceptors (Lipinski definition) is 3. The average Bonchev–Trinajstić information content (AvgIpc) is 2.45. The van der Waals surface area contributed by atoms with Crippen molar-refractivity contribution in [3.63, 3.8) is 0 Å². The van der Waals surface area contributed by atoms with Gasteiger partial charge in [0.2, 0.25) is 0 Å². The molecule has 1 heterocycles. The van der Waals surface area contributed by atoms with Gasteiger partial charge in [0.05, 0.1) is 22.4 Å². The van der Waals surface area contributed by atoms with E-state index in [1.807, 2.05) is 0 Å². The molecule has 22 heavy (non-hydrogen) atoms. The molecule has 0 atom stereocenters. The van der Waals surface area contributed by atoms with Crippen molar-refractivity contribution in [2.75, 3.05) is 0 Å². The molecule has 0 spiro atoms. The van der Waals surface area contributed by atoms with Crippen molar-refractivity contribution in [1.82, 2.24) is 4.98 Å². The maximum absolute atomic E-state index is 12.5. The zero-order chi connectivity index (χ0) is 16.5. The van der Waals surface area contributed by atoms with E-state index >= 15 is 0 Å². The third-order valence-corrected chi connectivity index (χ3v) is 2.87. The second-order valence-corrected chi connectivity index (χ2v) is 4.27. The van der Waals surface area contributed by atoms with Crippen molar-refractivity contribution in [2.45, 2.75) is 6.18 Å². The lowest BCUT2D eigenvalue weighted by atomic mass is 9.97. The van der Waals surface area contributed by atoms with E-state index in [1.165, 1.54) is 6.07 Å². The predicted octanol–water partition coefficient (Wildman–Crippen LogP) is 3.16. The van der Waals surface area contributed by atoms with Crippen LogP contribution in [-0.4, -0.2) is 27.1 Å². The molecule has 0 aliphatic carbocycles. The van der Waals surface area contributed by atoms with E-state index in [4.69, 9.17) is 10.2 Å². The van der Waals surface area contributed by atoms with Gasteiger partial charge >= 0.3 is 18.1 Å². The quantitative estimate of drug-likeness (QED) is 0.909. The van der Waals surface area contributed by atoms with Gasteiger partial charge in [-0.2, -0.15) is 13.2 Å². The Morgan fingerprint density at radius 2 is 1.50 bits per heavy atom. The Balaban J connectivity index is 2.65. The van der Waals surface area contributed by atoms with E-state index < -0.39 is 23.7 Å². The molecule has 0 unspecified atom stereocenters. The summed E-state index contributed by atoms with van der Waals surface area (Å²) in [6.45, 7) is 0. The van der Waals surface area contributed by atoms with E-state index in [9.17, 15) is 22.8 Å². The molecule has 2 N–H and O–H groups in total. The second kappa shape index (κ2) is 5.47. The lowest BCUT2D eigenvalue weighted by Crippen LogP contribution is -2.09. The minimum absolute atomic E-state index is 0.164. The molecule has 0 fully saturated rings. The first-order valence-electron chi connectivity index (χ1n) is 5.85. The van der Waals surface area contributed by atoms with Gasteiger partial charge in [-0.1, -0.05) is 6.07 Å². The van der Waals surface area contributed by atoms with Crippen molar-refractivity contribution >= 4 is 11.9 Å². The molecule has 8 heteroatoms. The minimum atomic E-state index is -4.59. The first-order valence-corrected chi connectivity index (χ1v) is 5.85. The number of aromatic carboxylic acids is 2. The van der Waals surface area contributed by atoms with Crippen LogP contribution in [-0.2, 0) is 6.18 Å². The Labute approximate surface area is 121 Å². The molecular formula is C14H8F3NO4. The lowest BCUT2D eigenvalue weighted by Gasteiger charge is -2.11. The number of hydrogen-bond donors (Lipinski definition) is 2. The molecule has 5 nitrogen and oxygen atoms in total. The summed E-state index contributed by atoms with van der Waals surface area (Å²) in [5.41, 5.74) is -2.13. The summed E-state index contributed by atoms with van der Waals surface area (Å²) in [6, 6.07) is 5.21. The first-order chi connectivity index (χ1) is 10.2. The van der Waals surface area contributed by atoms with Gasteiger partial charge in [0.1, 0.15) is 0 Å². The van der Waals surface area contributed by atoms with Gasteiger partial charge in [-0.05, 0) is 24.3 Å². The van der Waals surface area contributed by atoms with E-state index in [0.717, 1.165) is 18.2 Å². The van der Waals surface area contributed by atoms with Crippen molar-refractivity contribution in [2.24, 2.45) is 0 Å². The molecule has 1 aromatic heterocycles. The van der Waals surface area contributed by atoms with Crippen molar-refractivity contribution in [1.29, 1.82) is 0 Å². The number of carboxylic acids is 2. The Morgan fingerprint density at radius 3 is 1.86 bits per heavy atom. The molecule has 0 amide bonds. The number of aromatic nitrogens is 1. The van der Waals surface area contributed by atoms with Crippen LogP contribution in [0.4, 0.5) is 13.2 Å². The highest BCUT2D eigenvalue weighted by Gasteiger charge is 2.31. The first kappa shape index (κ1) is 15.5. The summed E-state index contributed by atoms with van der Waals surface area (Å²) >= 11 is 0. The monoisotopic (exact) mass is 311 g/mol. The van der Waals surface area contributed by atoms with E-state index in [1.54, 1.807) is 0 Å².